The van der Waals surface area contributed by atoms with E-state index in [0.717, 1.165) is 23.1 Å². The van der Waals surface area contributed by atoms with Gasteiger partial charge in [-0.3, -0.25) is 14.6 Å². The van der Waals surface area contributed by atoms with Crippen molar-refractivity contribution in [3.8, 4) is 0 Å². The van der Waals surface area contributed by atoms with Crippen molar-refractivity contribution in [2.75, 3.05) is 13.1 Å². The number of hydrogen-bond acceptors (Lipinski definition) is 4. The second-order valence-corrected chi connectivity index (χ2v) is 5.50. The zero-order valence-electron chi connectivity index (χ0n) is 13.6. The highest BCUT2D eigenvalue weighted by Crippen LogP contribution is 2.32. The molecule has 0 fully saturated rings. The van der Waals surface area contributed by atoms with Crippen LogP contribution in [0.4, 0.5) is 4.48 Å². The number of nitrogens with one attached hydrogen (secondary N) is 1. The van der Waals surface area contributed by atoms with E-state index >= 15 is 0 Å². The van der Waals surface area contributed by atoms with Gasteiger partial charge in [0.2, 0.25) is 0 Å². The Labute approximate surface area is 145 Å². The van der Waals surface area contributed by atoms with Gasteiger partial charge in [-0.05, 0) is 36.1 Å². The SMILES string of the molecule is O=C1c2ccccc2C[C@H](c2cccnc2)N1CCCNF.O=CO. The number of carbonyl (C=O) groups excluding carboxylic acids is 1. The first kappa shape index (κ1) is 18.5. The van der Waals surface area contributed by atoms with Gasteiger partial charge in [0.05, 0.1) is 6.04 Å². The molecule has 132 valence electrons. The van der Waals surface area contributed by atoms with Crippen LogP contribution >= 0.6 is 0 Å². The topological polar surface area (TPSA) is 82.5 Å². The Bertz CT molecular complexity index is 697. The van der Waals surface area contributed by atoms with Gasteiger partial charge in [0.1, 0.15) is 0 Å². The molecule has 1 aliphatic rings. The summed E-state index contributed by atoms with van der Waals surface area (Å²) in [6, 6.07) is 11.5. The van der Waals surface area contributed by atoms with Gasteiger partial charge in [-0.15, -0.1) is 4.48 Å². The maximum Gasteiger partial charge on any atom is 0.290 e. The summed E-state index contributed by atoms with van der Waals surface area (Å²) in [5.41, 5.74) is 4.46. The van der Waals surface area contributed by atoms with Crippen LogP contribution in [0.3, 0.4) is 0 Å². The van der Waals surface area contributed by atoms with E-state index in [0.29, 0.717) is 13.0 Å². The van der Waals surface area contributed by atoms with Crippen LogP contribution in [0.15, 0.2) is 48.8 Å². The third-order valence-corrected chi connectivity index (χ3v) is 4.04. The molecule has 3 rings (SSSR count). The average molecular weight is 345 g/mol. The van der Waals surface area contributed by atoms with E-state index in [-0.39, 0.29) is 25.0 Å². The Kier molecular flexibility index (Phi) is 7.03. The first-order chi connectivity index (χ1) is 12.2. The predicted octanol–water partition coefficient (Wildman–Crippen LogP) is 2.39. The Morgan fingerprint density at radius 2 is 2.08 bits per heavy atom. The maximum absolute atomic E-state index is 12.8. The van der Waals surface area contributed by atoms with E-state index in [4.69, 9.17) is 9.90 Å². The van der Waals surface area contributed by atoms with Crippen molar-refractivity contribution in [3.05, 3.63) is 65.5 Å². The minimum Gasteiger partial charge on any atom is -0.483 e. The van der Waals surface area contributed by atoms with E-state index in [1.54, 1.807) is 17.9 Å². The summed E-state index contributed by atoms with van der Waals surface area (Å²) in [6.45, 7) is 0.509. The lowest BCUT2D eigenvalue weighted by Crippen LogP contribution is -2.41. The quantitative estimate of drug-likeness (QED) is 0.494. The molecular weight excluding hydrogens is 325 g/mol. The first-order valence-electron chi connectivity index (χ1n) is 7.93. The van der Waals surface area contributed by atoms with Crippen molar-refractivity contribution in [1.29, 1.82) is 0 Å². The fourth-order valence-electron chi connectivity index (χ4n) is 2.97. The third-order valence-electron chi connectivity index (χ3n) is 4.04. The lowest BCUT2D eigenvalue weighted by atomic mass is 9.90. The predicted molar refractivity (Wildman–Crippen MR) is 90.6 cm³/mol. The van der Waals surface area contributed by atoms with Crippen LogP contribution in [0.5, 0.6) is 0 Å². The average Bonchev–Trinajstić information content (AvgIpc) is 2.65. The van der Waals surface area contributed by atoms with Crippen molar-refractivity contribution in [2.45, 2.75) is 18.9 Å². The Morgan fingerprint density at radius 3 is 2.76 bits per heavy atom. The smallest absolute Gasteiger partial charge is 0.290 e. The van der Waals surface area contributed by atoms with Crippen molar-refractivity contribution < 1.29 is 19.2 Å². The lowest BCUT2D eigenvalue weighted by molar-refractivity contribution is -0.122. The number of hydrogen-bond donors (Lipinski definition) is 2. The number of pyridine rings is 1. The van der Waals surface area contributed by atoms with Gasteiger partial charge in [-0.2, -0.15) is 5.54 Å². The molecule has 0 bridgehead atoms. The summed E-state index contributed by atoms with van der Waals surface area (Å²) in [5.74, 6) is 0.00885. The highest BCUT2D eigenvalue weighted by molar-refractivity contribution is 5.97. The molecule has 25 heavy (non-hydrogen) atoms. The van der Waals surface area contributed by atoms with Crippen LogP contribution in [-0.4, -0.2) is 40.5 Å². The fourth-order valence-corrected chi connectivity index (χ4v) is 2.97. The summed E-state index contributed by atoms with van der Waals surface area (Å²) < 4.78 is 12.1. The number of carboxylic acid groups (broad SMARTS) is 1. The van der Waals surface area contributed by atoms with Crippen LogP contribution in [0, 0.1) is 0 Å². The molecule has 0 aliphatic carbocycles. The summed E-state index contributed by atoms with van der Waals surface area (Å²) in [4.78, 5) is 27.1. The van der Waals surface area contributed by atoms with Crippen molar-refractivity contribution in [1.82, 2.24) is 15.4 Å². The Balaban J connectivity index is 0.000000701. The van der Waals surface area contributed by atoms with E-state index in [9.17, 15) is 9.28 Å². The third kappa shape index (κ3) is 4.60. The van der Waals surface area contributed by atoms with E-state index < -0.39 is 0 Å². The van der Waals surface area contributed by atoms with Crippen molar-refractivity contribution in [3.63, 3.8) is 0 Å². The summed E-state index contributed by atoms with van der Waals surface area (Å²) in [6.07, 6.45) is 4.85. The molecule has 1 aliphatic heterocycles. The number of rotatable bonds is 5. The number of benzene rings is 1. The highest BCUT2D eigenvalue weighted by atomic mass is 19.2. The van der Waals surface area contributed by atoms with Gasteiger partial charge in [0.15, 0.2) is 0 Å². The minimum absolute atomic E-state index is 0.00885. The highest BCUT2D eigenvalue weighted by Gasteiger charge is 2.32. The van der Waals surface area contributed by atoms with Crippen LogP contribution in [0.25, 0.3) is 0 Å². The molecule has 1 atom stereocenters. The molecule has 0 saturated heterocycles. The van der Waals surface area contributed by atoms with Gasteiger partial charge < -0.3 is 10.0 Å². The molecule has 1 aromatic carbocycles. The van der Waals surface area contributed by atoms with Crippen molar-refractivity contribution >= 4 is 12.4 Å². The fraction of sp³-hybridized carbons (Fsp3) is 0.278. The number of nitrogens with zero attached hydrogens (tertiary/aromatic N) is 2. The molecule has 0 saturated carbocycles. The molecule has 7 heteroatoms. The van der Waals surface area contributed by atoms with E-state index in [2.05, 4.69) is 4.98 Å². The normalized spacial score (nSPS) is 15.8. The van der Waals surface area contributed by atoms with Gasteiger partial charge in [0, 0.05) is 31.0 Å². The second kappa shape index (κ2) is 9.48. The van der Waals surface area contributed by atoms with Crippen LogP contribution in [0.2, 0.25) is 0 Å². The molecular formula is C18H20FN3O3. The number of amides is 1. The first-order valence-corrected chi connectivity index (χ1v) is 7.93. The second-order valence-electron chi connectivity index (χ2n) is 5.50. The van der Waals surface area contributed by atoms with Crippen LogP contribution in [0.1, 0.15) is 33.9 Å². The lowest BCUT2D eigenvalue weighted by Gasteiger charge is -2.37. The number of carbonyl (C=O) groups is 2. The largest absolute Gasteiger partial charge is 0.483 e. The summed E-state index contributed by atoms with van der Waals surface area (Å²) >= 11 is 0. The zero-order valence-corrected chi connectivity index (χ0v) is 13.6. The molecule has 1 aromatic heterocycles. The zero-order chi connectivity index (χ0) is 18.1. The number of halogens is 1. The molecule has 0 unspecified atom stereocenters. The monoisotopic (exact) mass is 345 g/mol. The molecule has 2 N–H and O–H groups in total. The van der Waals surface area contributed by atoms with Gasteiger partial charge >= 0.3 is 0 Å². The number of fused-ring (bicyclic) bond motifs is 1. The maximum atomic E-state index is 12.8. The summed E-state index contributed by atoms with van der Waals surface area (Å²) in [5, 5.41) is 6.89. The van der Waals surface area contributed by atoms with E-state index in [1.165, 1.54) is 0 Å². The standard InChI is InChI=1S/C17H18FN3O.CH2O2/c18-20-9-4-10-21-16(14-6-3-8-19-12-14)11-13-5-1-2-7-15(13)17(21)22;2-1-3/h1-3,5-8,12,16,20H,4,9-11H2;1H,(H,2,3)/t16-;/m1./s1. The van der Waals surface area contributed by atoms with Crippen LogP contribution in [-0.2, 0) is 11.2 Å². The molecule has 2 heterocycles. The Morgan fingerprint density at radius 1 is 1.32 bits per heavy atom. The molecule has 0 radical (unpaired) electrons. The van der Waals surface area contributed by atoms with E-state index in [1.807, 2.05) is 41.3 Å². The van der Waals surface area contributed by atoms with Gasteiger partial charge in [-0.1, -0.05) is 24.3 Å². The van der Waals surface area contributed by atoms with Crippen molar-refractivity contribution in [2.24, 2.45) is 0 Å². The van der Waals surface area contributed by atoms with Gasteiger partial charge in [-0.25, -0.2) is 0 Å². The molecule has 6 nitrogen and oxygen atoms in total. The molecule has 2 aromatic rings. The van der Waals surface area contributed by atoms with Crippen LogP contribution < -0.4 is 5.54 Å². The minimum atomic E-state index is -0.250. The number of aromatic nitrogens is 1. The van der Waals surface area contributed by atoms with Gasteiger partial charge in [0.25, 0.3) is 12.4 Å². The molecule has 0 spiro atoms. The summed E-state index contributed by atoms with van der Waals surface area (Å²) in [7, 11) is 0. The molecule has 1 amide bonds. The Hall–Kier alpha value is -2.80.